The molecule has 2 rings (SSSR count). The Morgan fingerprint density at radius 1 is 1.46 bits per heavy atom. The smallest absolute Gasteiger partial charge is 0.140 e. The summed E-state index contributed by atoms with van der Waals surface area (Å²) in [6, 6.07) is 3.82. The first kappa shape index (κ1) is 9.13. The average molecular weight is 233 g/mol. The molecule has 1 N–H and O–H groups in total. The molecule has 0 amide bonds. The molecule has 1 heterocycles. The van der Waals surface area contributed by atoms with Crippen LogP contribution in [0.25, 0.3) is 10.1 Å². The van der Waals surface area contributed by atoms with Gasteiger partial charge in [0.2, 0.25) is 0 Å². The molecule has 2 aromatic rings. The third-order valence-corrected chi connectivity index (χ3v) is 3.60. The lowest BCUT2D eigenvalue weighted by molar-refractivity contribution is 0.472. The van der Waals surface area contributed by atoms with Crippen molar-refractivity contribution < 1.29 is 5.11 Å². The van der Waals surface area contributed by atoms with Crippen LogP contribution in [0, 0.1) is 0 Å². The SMILES string of the molecule is Oc1c(CCl)cc2ccsc2c1Cl. The van der Waals surface area contributed by atoms with Gasteiger partial charge in [-0.05, 0) is 22.9 Å². The number of aromatic hydroxyl groups is 1. The summed E-state index contributed by atoms with van der Waals surface area (Å²) in [7, 11) is 0. The van der Waals surface area contributed by atoms with Gasteiger partial charge in [-0.2, -0.15) is 0 Å². The second kappa shape index (κ2) is 3.37. The molecule has 68 valence electrons. The molecule has 1 nitrogen and oxygen atoms in total. The number of thiophene rings is 1. The van der Waals surface area contributed by atoms with Crippen LogP contribution in [0.2, 0.25) is 5.02 Å². The number of hydrogen-bond acceptors (Lipinski definition) is 2. The molecule has 0 aliphatic heterocycles. The van der Waals surface area contributed by atoms with Gasteiger partial charge in [-0.15, -0.1) is 22.9 Å². The highest BCUT2D eigenvalue weighted by Gasteiger charge is 2.10. The Hall–Kier alpha value is -0.440. The number of phenolic OH excluding ortho intramolecular Hbond substituents is 1. The molecule has 0 radical (unpaired) electrons. The van der Waals surface area contributed by atoms with E-state index in [4.69, 9.17) is 23.2 Å². The van der Waals surface area contributed by atoms with Crippen molar-refractivity contribution in [2.45, 2.75) is 5.88 Å². The van der Waals surface area contributed by atoms with E-state index < -0.39 is 0 Å². The zero-order valence-electron chi connectivity index (χ0n) is 6.55. The molecule has 0 aliphatic rings. The van der Waals surface area contributed by atoms with E-state index in [2.05, 4.69) is 0 Å². The molecule has 1 aromatic carbocycles. The van der Waals surface area contributed by atoms with Gasteiger partial charge < -0.3 is 5.11 Å². The summed E-state index contributed by atoms with van der Waals surface area (Å²) in [5, 5.41) is 13.0. The molecule has 0 atom stereocenters. The van der Waals surface area contributed by atoms with Crippen LogP contribution >= 0.6 is 34.5 Å². The minimum absolute atomic E-state index is 0.103. The highest BCUT2D eigenvalue weighted by Crippen LogP contribution is 2.38. The maximum Gasteiger partial charge on any atom is 0.140 e. The fraction of sp³-hybridized carbons (Fsp3) is 0.111. The molecule has 0 saturated carbocycles. The molecular formula is C9H6Cl2OS. The van der Waals surface area contributed by atoms with Crippen LogP contribution in [-0.2, 0) is 5.88 Å². The molecule has 4 heteroatoms. The number of benzene rings is 1. The number of phenols is 1. The summed E-state index contributed by atoms with van der Waals surface area (Å²) in [5.74, 6) is 0.378. The van der Waals surface area contributed by atoms with Crippen molar-refractivity contribution in [1.29, 1.82) is 0 Å². The summed E-state index contributed by atoms with van der Waals surface area (Å²) in [6.45, 7) is 0. The topological polar surface area (TPSA) is 20.2 Å². The van der Waals surface area contributed by atoms with Gasteiger partial charge in [-0.3, -0.25) is 0 Å². The first-order valence-corrected chi connectivity index (χ1v) is 5.46. The molecule has 0 unspecified atom stereocenters. The highest BCUT2D eigenvalue weighted by atomic mass is 35.5. The maximum absolute atomic E-state index is 9.60. The number of fused-ring (bicyclic) bond motifs is 1. The van der Waals surface area contributed by atoms with Gasteiger partial charge in [-0.1, -0.05) is 11.6 Å². The molecule has 0 spiro atoms. The van der Waals surface area contributed by atoms with E-state index in [1.54, 1.807) is 0 Å². The van der Waals surface area contributed by atoms with Crippen molar-refractivity contribution in [2.24, 2.45) is 0 Å². The number of alkyl halides is 1. The molecule has 0 saturated heterocycles. The second-order valence-electron chi connectivity index (χ2n) is 2.67. The third-order valence-electron chi connectivity index (χ3n) is 1.88. The van der Waals surface area contributed by atoms with Crippen molar-refractivity contribution in [2.75, 3.05) is 0 Å². The lowest BCUT2D eigenvalue weighted by Gasteiger charge is -2.03. The van der Waals surface area contributed by atoms with Gasteiger partial charge in [0.05, 0.1) is 10.6 Å². The van der Waals surface area contributed by atoms with Crippen molar-refractivity contribution in [3.05, 3.63) is 28.1 Å². The van der Waals surface area contributed by atoms with E-state index in [0.717, 1.165) is 10.1 Å². The zero-order chi connectivity index (χ0) is 9.42. The van der Waals surface area contributed by atoms with Crippen LogP contribution in [0.4, 0.5) is 0 Å². The first-order valence-electron chi connectivity index (χ1n) is 3.67. The number of halogens is 2. The second-order valence-corrected chi connectivity index (χ2v) is 4.23. The van der Waals surface area contributed by atoms with Gasteiger partial charge >= 0.3 is 0 Å². The third kappa shape index (κ3) is 1.39. The monoisotopic (exact) mass is 232 g/mol. The fourth-order valence-electron chi connectivity index (χ4n) is 1.22. The van der Waals surface area contributed by atoms with E-state index in [9.17, 15) is 5.11 Å². The Balaban J connectivity index is 2.83. The first-order chi connectivity index (χ1) is 6.24. The fourth-order valence-corrected chi connectivity index (χ4v) is 2.60. The molecule has 13 heavy (non-hydrogen) atoms. The zero-order valence-corrected chi connectivity index (χ0v) is 8.88. The lowest BCUT2D eigenvalue weighted by atomic mass is 10.1. The predicted molar refractivity (Wildman–Crippen MR) is 58.1 cm³/mol. The Labute approximate surface area is 89.5 Å². The molecular weight excluding hydrogens is 227 g/mol. The van der Waals surface area contributed by atoms with Gasteiger partial charge in [0.15, 0.2) is 0 Å². The van der Waals surface area contributed by atoms with Crippen LogP contribution in [0.5, 0.6) is 5.75 Å². The van der Waals surface area contributed by atoms with E-state index in [0.29, 0.717) is 10.6 Å². The average Bonchev–Trinajstić information content (AvgIpc) is 2.59. The van der Waals surface area contributed by atoms with E-state index in [1.165, 1.54) is 11.3 Å². The summed E-state index contributed by atoms with van der Waals surface area (Å²) in [4.78, 5) is 0. The summed E-state index contributed by atoms with van der Waals surface area (Å²) in [5.41, 5.74) is 0.678. The molecule has 1 aromatic heterocycles. The van der Waals surface area contributed by atoms with E-state index in [-0.39, 0.29) is 11.6 Å². The quantitative estimate of drug-likeness (QED) is 0.738. The molecule has 0 bridgehead atoms. The van der Waals surface area contributed by atoms with Crippen molar-refractivity contribution in [3.63, 3.8) is 0 Å². The van der Waals surface area contributed by atoms with Crippen molar-refractivity contribution in [1.82, 2.24) is 0 Å². The highest BCUT2D eigenvalue weighted by molar-refractivity contribution is 7.17. The Kier molecular flexibility index (Phi) is 2.37. The summed E-state index contributed by atoms with van der Waals surface area (Å²) < 4.78 is 0.910. The number of rotatable bonds is 1. The normalized spacial score (nSPS) is 10.9. The lowest BCUT2D eigenvalue weighted by Crippen LogP contribution is -1.80. The Morgan fingerprint density at radius 2 is 2.23 bits per heavy atom. The van der Waals surface area contributed by atoms with Gasteiger partial charge in [0.25, 0.3) is 0 Å². The van der Waals surface area contributed by atoms with Crippen LogP contribution < -0.4 is 0 Å². The molecule has 0 fully saturated rings. The van der Waals surface area contributed by atoms with Gasteiger partial charge in [0, 0.05) is 5.56 Å². The van der Waals surface area contributed by atoms with Crippen LogP contribution in [0.1, 0.15) is 5.56 Å². The Morgan fingerprint density at radius 3 is 2.92 bits per heavy atom. The Bertz CT molecular complexity index is 450. The van der Waals surface area contributed by atoms with E-state index in [1.807, 2.05) is 17.5 Å². The standard InChI is InChI=1S/C9H6Cl2OS/c10-4-6-3-5-1-2-13-9(5)7(11)8(6)12/h1-3,12H,4H2. The summed E-state index contributed by atoms with van der Waals surface area (Å²) in [6.07, 6.45) is 0. The number of hydrogen-bond donors (Lipinski definition) is 1. The predicted octanol–water partition coefficient (Wildman–Crippen LogP) is 4.00. The van der Waals surface area contributed by atoms with E-state index >= 15 is 0 Å². The maximum atomic E-state index is 9.60. The minimum atomic E-state index is 0.103. The van der Waals surface area contributed by atoms with Gasteiger partial charge in [0.1, 0.15) is 10.8 Å². The van der Waals surface area contributed by atoms with Gasteiger partial charge in [-0.25, -0.2) is 0 Å². The van der Waals surface area contributed by atoms with Crippen LogP contribution in [0.3, 0.4) is 0 Å². The largest absolute Gasteiger partial charge is 0.506 e. The van der Waals surface area contributed by atoms with Crippen LogP contribution in [0.15, 0.2) is 17.5 Å². The van der Waals surface area contributed by atoms with Crippen molar-refractivity contribution in [3.8, 4) is 5.75 Å². The summed E-state index contributed by atoms with van der Waals surface area (Å²) >= 11 is 13.1. The molecule has 0 aliphatic carbocycles. The van der Waals surface area contributed by atoms with Crippen molar-refractivity contribution >= 4 is 44.6 Å². The minimum Gasteiger partial charge on any atom is -0.506 e. The van der Waals surface area contributed by atoms with Crippen LogP contribution in [-0.4, -0.2) is 5.11 Å².